The fourth-order valence-corrected chi connectivity index (χ4v) is 6.37. The number of anilines is 1. The summed E-state index contributed by atoms with van der Waals surface area (Å²) in [6, 6.07) is 13.1. The topological polar surface area (TPSA) is 94.5 Å². The average Bonchev–Trinajstić information content (AvgIpc) is 3.43. The molecule has 0 radical (unpaired) electrons. The van der Waals surface area contributed by atoms with Gasteiger partial charge in [-0.15, -0.1) is 0 Å². The Labute approximate surface area is 265 Å². The second-order valence-electron chi connectivity index (χ2n) is 13.1. The van der Waals surface area contributed by atoms with Gasteiger partial charge in [0.2, 0.25) is 5.91 Å². The second kappa shape index (κ2) is 13.4. The first-order valence-corrected chi connectivity index (χ1v) is 18.4. The van der Waals surface area contributed by atoms with Gasteiger partial charge in [-0.25, -0.2) is 19.5 Å². The molecule has 0 fully saturated rings. The Bertz CT molecular complexity index is 1460. The van der Waals surface area contributed by atoms with Crippen LogP contribution in [-0.4, -0.2) is 64.6 Å². The van der Waals surface area contributed by atoms with E-state index in [9.17, 15) is 9.59 Å². The largest absolute Gasteiger partial charge is 0.444 e. The minimum Gasteiger partial charge on any atom is -0.444 e. The van der Waals surface area contributed by atoms with E-state index in [4.69, 9.17) is 14.6 Å². The molecule has 1 aliphatic rings. The lowest BCUT2D eigenvalue weighted by Crippen LogP contribution is -2.48. The molecule has 1 aliphatic carbocycles. The van der Waals surface area contributed by atoms with Crippen molar-refractivity contribution in [2.45, 2.75) is 71.8 Å². The third-order valence-electron chi connectivity index (χ3n) is 7.47. The molecule has 3 aromatic rings. The average molecular weight is 674 g/mol. The van der Waals surface area contributed by atoms with Gasteiger partial charge >= 0.3 is 6.09 Å². The van der Waals surface area contributed by atoms with E-state index < -0.39 is 27.8 Å². The molecule has 0 aliphatic heterocycles. The van der Waals surface area contributed by atoms with Gasteiger partial charge in [0.15, 0.2) is 0 Å². The lowest BCUT2D eigenvalue weighted by atomic mass is 9.92. The van der Waals surface area contributed by atoms with Crippen molar-refractivity contribution in [3.8, 4) is 11.1 Å². The summed E-state index contributed by atoms with van der Waals surface area (Å²) in [7, 11) is -0.600. The zero-order valence-electron chi connectivity index (χ0n) is 26.5. The molecule has 2 N–H and O–H groups in total. The van der Waals surface area contributed by atoms with Crippen LogP contribution < -0.4 is 10.6 Å². The number of carbonyl (C=O) groups is 2. The van der Waals surface area contributed by atoms with Gasteiger partial charge < -0.3 is 20.1 Å². The van der Waals surface area contributed by atoms with E-state index in [1.165, 1.54) is 5.56 Å². The molecule has 2 aromatic carbocycles. The number of rotatable bonds is 10. The number of carbonyl (C=O) groups excluding carboxylic acids is 2. The van der Waals surface area contributed by atoms with Crippen molar-refractivity contribution in [1.29, 1.82) is 0 Å². The summed E-state index contributed by atoms with van der Waals surface area (Å²) in [5.41, 5.74) is 6.24. The van der Waals surface area contributed by atoms with Crippen molar-refractivity contribution in [3.05, 3.63) is 69.5 Å². The van der Waals surface area contributed by atoms with Crippen LogP contribution in [0.25, 0.3) is 11.1 Å². The summed E-state index contributed by atoms with van der Waals surface area (Å²) >= 11 is 3.56. The Kier molecular flexibility index (Phi) is 10.3. The van der Waals surface area contributed by atoms with E-state index in [1.807, 2.05) is 54.9 Å². The summed E-state index contributed by atoms with van der Waals surface area (Å²) < 4.78 is 14.3. The van der Waals surface area contributed by atoms with Crippen LogP contribution in [-0.2, 0) is 27.4 Å². The first-order valence-electron chi connectivity index (χ1n) is 14.6. The monoisotopic (exact) mass is 672 g/mol. The highest BCUT2D eigenvalue weighted by atomic mass is 79.9. The molecule has 8 nitrogen and oxygen atoms in total. The number of alkyl carbamates (subject to hydrolysis) is 1. The lowest BCUT2D eigenvalue weighted by molar-refractivity contribution is -0.118. The number of halogens is 1. The van der Waals surface area contributed by atoms with Crippen molar-refractivity contribution in [2.24, 2.45) is 0 Å². The Hall–Kier alpha value is -2.82. The van der Waals surface area contributed by atoms with Gasteiger partial charge in [-0.2, -0.15) is 5.10 Å². The normalized spacial score (nSPS) is 16.0. The molecule has 0 bridgehead atoms. The van der Waals surface area contributed by atoms with Gasteiger partial charge in [-0.05, 0) is 107 Å². The Morgan fingerprint density at radius 3 is 2.47 bits per heavy atom. The number of nitrogens with one attached hydrogen (secondary N) is 2. The van der Waals surface area contributed by atoms with Crippen molar-refractivity contribution in [1.82, 2.24) is 15.1 Å². The lowest BCUT2D eigenvalue weighted by Gasteiger charge is -2.27. The van der Waals surface area contributed by atoms with Gasteiger partial charge in [0, 0.05) is 33.1 Å². The molecule has 10 heteroatoms. The van der Waals surface area contributed by atoms with Crippen LogP contribution in [0, 0.1) is 13.8 Å². The van der Waals surface area contributed by atoms with E-state index in [1.54, 1.807) is 20.8 Å². The fourth-order valence-electron chi connectivity index (χ4n) is 5.38. The van der Waals surface area contributed by atoms with E-state index in [-0.39, 0.29) is 11.8 Å². The Morgan fingerprint density at radius 1 is 1.12 bits per heavy atom. The first-order chi connectivity index (χ1) is 20.1. The van der Waals surface area contributed by atoms with Crippen molar-refractivity contribution >= 4 is 43.6 Å². The van der Waals surface area contributed by atoms with Crippen LogP contribution in [0.2, 0.25) is 0 Å². The van der Waals surface area contributed by atoms with Crippen LogP contribution in [0.1, 0.15) is 55.6 Å². The molecule has 0 saturated heterocycles. The molecule has 1 heterocycles. The highest BCUT2D eigenvalue weighted by Gasteiger charge is 2.36. The Balaban J connectivity index is 1.49. The standard InChI is InChI=1S/C33H45BrN4O4S/c1-21-29(22(2)38(37-21)20-41-17-18-43(6,7)8)24-10-14-26(15-11-24)35-31(39)30(36-32(40)42-33(3,4)5)27-16-12-23-9-13-25(34)19-28(23)27/h9-11,13-15,19,27,30H,12,16-18,20H2,1-8H3,(H,35,39)(H,36,40)/t27-,30+/m1/s1. The third kappa shape index (κ3) is 8.86. The van der Waals surface area contributed by atoms with E-state index >= 15 is 0 Å². The van der Waals surface area contributed by atoms with E-state index in [0.717, 1.165) is 51.1 Å². The van der Waals surface area contributed by atoms with Crippen LogP contribution in [0.5, 0.6) is 0 Å². The zero-order valence-corrected chi connectivity index (χ0v) is 28.9. The number of ether oxygens (including phenoxy) is 2. The maximum Gasteiger partial charge on any atom is 0.408 e. The molecular weight excluding hydrogens is 628 g/mol. The smallest absolute Gasteiger partial charge is 0.408 e. The van der Waals surface area contributed by atoms with Crippen molar-refractivity contribution < 1.29 is 19.1 Å². The molecule has 4 rings (SSSR count). The van der Waals surface area contributed by atoms with E-state index in [0.29, 0.717) is 19.0 Å². The zero-order chi connectivity index (χ0) is 31.5. The number of amides is 2. The van der Waals surface area contributed by atoms with Gasteiger partial charge in [-0.3, -0.25) is 4.79 Å². The number of nitrogens with zero attached hydrogens (tertiary/aromatic N) is 2. The maximum absolute atomic E-state index is 13.7. The van der Waals surface area contributed by atoms with Crippen LogP contribution in [0.4, 0.5) is 10.5 Å². The van der Waals surface area contributed by atoms with Crippen LogP contribution in [0.3, 0.4) is 0 Å². The molecule has 0 spiro atoms. The number of hydrogen-bond acceptors (Lipinski definition) is 5. The van der Waals surface area contributed by atoms with Crippen LogP contribution >= 0.6 is 26.0 Å². The van der Waals surface area contributed by atoms with Crippen LogP contribution in [0.15, 0.2) is 46.9 Å². The van der Waals surface area contributed by atoms with Crippen molar-refractivity contribution in [3.63, 3.8) is 0 Å². The molecule has 2 atom stereocenters. The third-order valence-corrected chi connectivity index (χ3v) is 9.35. The Morgan fingerprint density at radius 2 is 1.81 bits per heavy atom. The number of benzene rings is 2. The molecule has 43 heavy (non-hydrogen) atoms. The fraction of sp³-hybridized carbons (Fsp3) is 0.485. The second-order valence-corrected chi connectivity index (χ2v) is 18.6. The number of aryl methyl sites for hydroxylation is 2. The summed E-state index contributed by atoms with van der Waals surface area (Å²) in [5, 5.41) is 10.6. The predicted octanol–water partition coefficient (Wildman–Crippen LogP) is 7.16. The maximum atomic E-state index is 13.7. The predicted molar refractivity (Wildman–Crippen MR) is 180 cm³/mol. The van der Waals surface area contributed by atoms with Gasteiger partial charge in [0.25, 0.3) is 0 Å². The molecule has 0 unspecified atom stereocenters. The quantitative estimate of drug-likeness (QED) is 0.223. The summed E-state index contributed by atoms with van der Waals surface area (Å²) in [5.74, 6) is 0.596. The number of aromatic nitrogens is 2. The molecular formula is C33H45BrN4O4S. The minimum atomic E-state index is -0.798. The highest BCUT2D eigenvalue weighted by molar-refractivity contribution is 9.10. The van der Waals surface area contributed by atoms with Gasteiger partial charge in [0.1, 0.15) is 18.4 Å². The summed E-state index contributed by atoms with van der Waals surface area (Å²) in [6.45, 7) is 10.6. The number of hydrogen-bond donors (Lipinski definition) is 2. The molecule has 2 amide bonds. The van der Waals surface area contributed by atoms with Crippen molar-refractivity contribution in [2.75, 3.05) is 36.4 Å². The van der Waals surface area contributed by atoms with Gasteiger partial charge in [-0.1, -0.05) is 34.1 Å². The first kappa shape index (κ1) is 33.1. The summed E-state index contributed by atoms with van der Waals surface area (Å²) in [6.07, 6.45) is 7.84. The molecule has 234 valence electrons. The summed E-state index contributed by atoms with van der Waals surface area (Å²) in [4.78, 5) is 26.5. The highest BCUT2D eigenvalue weighted by Crippen LogP contribution is 2.38. The molecule has 0 saturated carbocycles. The van der Waals surface area contributed by atoms with E-state index in [2.05, 4.69) is 51.4 Å². The SMILES string of the molecule is Cc1nn(COCCS(C)(C)C)c(C)c1-c1ccc(NC(=O)[C@@H](NC(=O)OC(C)(C)C)[C@@H]2CCc3ccc(Br)cc32)cc1. The number of fused-ring (bicyclic) bond motifs is 1. The minimum absolute atomic E-state index is 0.178. The molecule has 1 aromatic heterocycles. The van der Waals surface area contributed by atoms with Gasteiger partial charge in [0.05, 0.1) is 12.3 Å².